The SMILES string of the molecule is Nc1c2c(=O)[nH]c(O)cc2nn1Cc1ccccc1. The number of nitrogen functional groups attached to an aromatic ring is 1. The van der Waals surface area contributed by atoms with Gasteiger partial charge in [-0.05, 0) is 5.56 Å². The minimum Gasteiger partial charge on any atom is -0.494 e. The van der Waals surface area contributed by atoms with Crippen LogP contribution in [-0.2, 0) is 6.54 Å². The van der Waals surface area contributed by atoms with E-state index < -0.39 is 5.56 Å². The third-order valence-corrected chi connectivity index (χ3v) is 2.94. The zero-order valence-electron chi connectivity index (χ0n) is 10.00. The first-order chi connectivity index (χ1) is 9.15. The Morgan fingerprint density at radius 2 is 2.05 bits per heavy atom. The number of benzene rings is 1. The van der Waals surface area contributed by atoms with Crippen molar-refractivity contribution in [3.05, 3.63) is 52.3 Å². The van der Waals surface area contributed by atoms with E-state index in [1.165, 1.54) is 6.07 Å². The van der Waals surface area contributed by atoms with E-state index in [2.05, 4.69) is 10.1 Å². The molecule has 4 N–H and O–H groups in total. The van der Waals surface area contributed by atoms with Crippen LogP contribution < -0.4 is 11.3 Å². The minimum absolute atomic E-state index is 0.220. The summed E-state index contributed by atoms with van der Waals surface area (Å²) in [7, 11) is 0. The van der Waals surface area contributed by atoms with Gasteiger partial charge in [0.05, 0.1) is 6.54 Å². The molecule has 19 heavy (non-hydrogen) atoms. The highest BCUT2D eigenvalue weighted by Gasteiger charge is 2.13. The molecule has 0 saturated carbocycles. The van der Waals surface area contributed by atoms with E-state index in [4.69, 9.17) is 5.73 Å². The fraction of sp³-hybridized carbons (Fsp3) is 0.0769. The molecule has 0 atom stereocenters. The number of H-pyrrole nitrogens is 1. The molecular formula is C13H12N4O2. The van der Waals surface area contributed by atoms with E-state index in [-0.39, 0.29) is 5.88 Å². The number of fused-ring (bicyclic) bond motifs is 1. The first kappa shape index (κ1) is 11.3. The summed E-state index contributed by atoms with van der Waals surface area (Å²) in [5, 5.41) is 13.9. The molecule has 96 valence electrons. The van der Waals surface area contributed by atoms with Crippen molar-refractivity contribution in [1.82, 2.24) is 14.8 Å². The van der Waals surface area contributed by atoms with Gasteiger partial charge in [-0.25, -0.2) is 4.68 Å². The molecule has 0 fully saturated rings. The zero-order chi connectivity index (χ0) is 13.4. The van der Waals surface area contributed by atoms with Crippen LogP contribution in [0.4, 0.5) is 5.82 Å². The third kappa shape index (κ3) is 1.93. The number of hydrogen-bond acceptors (Lipinski definition) is 4. The predicted molar refractivity (Wildman–Crippen MR) is 72.0 cm³/mol. The van der Waals surface area contributed by atoms with Gasteiger partial charge in [0, 0.05) is 6.07 Å². The van der Waals surface area contributed by atoms with E-state index in [1.807, 2.05) is 30.3 Å². The molecule has 0 aliphatic heterocycles. The summed E-state index contributed by atoms with van der Waals surface area (Å²) in [6.07, 6.45) is 0. The van der Waals surface area contributed by atoms with E-state index in [0.717, 1.165) is 5.56 Å². The minimum atomic E-state index is -0.438. The van der Waals surface area contributed by atoms with Gasteiger partial charge in [-0.3, -0.25) is 9.78 Å². The molecule has 2 aromatic heterocycles. The van der Waals surface area contributed by atoms with Crippen LogP contribution in [-0.4, -0.2) is 19.9 Å². The van der Waals surface area contributed by atoms with Gasteiger partial charge in [0.25, 0.3) is 5.56 Å². The molecule has 0 amide bonds. The number of pyridine rings is 1. The average molecular weight is 256 g/mol. The van der Waals surface area contributed by atoms with Gasteiger partial charge in [-0.15, -0.1) is 0 Å². The molecule has 0 aliphatic rings. The van der Waals surface area contributed by atoms with Gasteiger partial charge in [0.2, 0.25) is 0 Å². The van der Waals surface area contributed by atoms with Crippen molar-refractivity contribution in [1.29, 1.82) is 0 Å². The summed E-state index contributed by atoms with van der Waals surface area (Å²) in [5.41, 5.74) is 6.91. The molecule has 3 aromatic rings. The van der Waals surface area contributed by atoms with Crippen LogP contribution in [0.2, 0.25) is 0 Å². The van der Waals surface area contributed by atoms with E-state index in [9.17, 15) is 9.90 Å². The highest BCUT2D eigenvalue weighted by molar-refractivity contribution is 5.88. The van der Waals surface area contributed by atoms with E-state index in [1.54, 1.807) is 4.68 Å². The van der Waals surface area contributed by atoms with Gasteiger partial charge >= 0.3 is 0 Å². The van der Waals surface area contributed by atoms with Crippen molar-refractivity contribution < 1.29 is 5.11 Å². The molecule has 2 heterocycles. The smallest absolute Gasteiger partial charge is 0.263 e. The number of rotatable bonds is 2. The molecule has 6 heteroatoms. The Bertz CT molecular complexity index is 790. The Labute approximate surface area is 108 Å². The second-order valence-electron chi connectivity index (χ2n) is 4.27. The summed E-state index contributed by atoms with van der Waals surface area (Å²) in [5.74, 6) is 0.0713. The summed E-state index contributed by atoms with van der Waals surface area (Å²) in [6, 6.07) is 11.1. The maximum Gasteiger partial charge on any atom is 0.263 e. The Morgan fingerprint density at radius 1 is 1.32 bits per heavy atom. The van der Waals surface area contributed by atoms with Gasteiger partial charge in [0.15, 0.2) is 5.88 Å². The quantitative estimate of drug-likeness (QED) is 0.638. The predicted octanol–water partition coefficient (Wildman–Crippen LogP) is 1.06. The second-order valence-corrected chi connectivity index (χ2v) is 4.27. The normalized spacial score (nSPS) is 10.9. The van der Waals surface area contributed by atoms with E-state index in [0.29, 0.717) is 23.3 Å². The summed E-state index contributed by atoms with van der Waals surface area (Å²) < 4.78 is 1.55. The third-order valence-electron chi connectivity index (χ3n) is 2.94. The van der Waals surface area contributed by atoms with Crippen LogP contribution in [0.15, 0.2) is 41.2 Å². The molecule has 3 rings (SSSR count). The largest absolute Gasteiger partial charge is 0.494 e. The molecule has 0 bridgehead atoms. The van der Waals surface area contributed by atoms with Gasteiger partial charge in [-0.1, -0.05) is 30.3 Å². The van der Waals surface area contributed by atoms with Crippen LogP contribution in [0.25, 0.3) is 10.9 Å². The van der Waals surface area contributed by atoms with Crippen molar-refractivity contribution >= 4 is 16.7 Å². The van der Waals surface area contributed by atoms with E-state index >= 15 is 0 Å². The number of aromatic amines is 1. The number of nitrogens with two attached hydrogens (primary N) is 1. The van der Waals surface area contributed by atoms with Crippen molar-refractivity contribution in [2.24, 2.45) is 0 Å². The Morgan fingerprint density at radius 3 is 2.79 bits per heavy atom. The average Bonchev–Trinajstić information content (AvgIpc) is 2.67. The lowest BCUT2D eigenvalue weighted by atomic mass is 10.2. The fourth-order valence-electron chi connectivity index (χ4n) is 2.05. The Balaban J connectivity index is 2.13. The van der Waals surface area contributed by atoms with Gasteiger partial charge in [0.1, 0.15) is 16.7 Å². The molecule has 1 aromatic carbocycles. The number of aromatic nitrogens is 3. The molecule has 0 unspecified atom stereocenters. The maximum absolute atomic E-state index is 11.7. The highest BCUT2D eigenvalue weighted by Crippen LogP contribution is 2.19. The van der Waals surface area contributed by atoms with Crippen molar-refractivity contribution in [3.8, 4) is 5.88 Å². The molecule has 6 nitrogen and oxygen atoms in total. The van der Waals surface area contributed by atoms with Crippen LogP contribution >= 0.6 is 0 Å². The second kappa shape index (κ2) is 4.16. The first-order valence-corrected chi connectivity index (χ1v) is 5.77. The number of aromatic hydroxyl groups is 1. The topological polar surface area (TPSA) is 96.9 Å². The maximum atomic E-state index is 11.7. The van der Waals surface area contributed by atoms with Crippen molar-refractivity contribution in [2.45, 2.75) is 6.54 Å². The zero-order valence-corrected chi connectivity index (χ0v) is 10.00. The van der Waals surface area contributed by atoms with Gasteiger partial charge < -0.3 is 10.8 Å². The lowest BCUT2D eigenvalue weighted by Crippen LogP contribution is -2.09. The summed E-state index contributed by atoms with van der Waals surface area (Å²) in [4.78, 5) is 14.0. The van der Waals surface area contributed by atoms with Crippen LogP contribution in [0.1, 0.15) is 5.56 Å². The number of hydrogen-bond donors (Lipinski definition) is 3. The van der Waals surface area contributed by atoms with Crippen LogP contribution in [0.3, 0.4) is 0 Å². The van der Waals surface area contributed by atoms with Crippen molar-refractivity contribution in [2.75, 3.05) is 5.73 Å². The van der Waals surface area contributed by atoms with Crippen LogP contribution in [0, 0.1) is 0 Å². The van der Waals surface area contributed by atoms with Crippen LogP contribution in [0.5, 0.6) is 5.88 Å². The molecule has 0 spiro atoms. The number of anilines is 1. The number of nitrogens with zero attached hydrogens (tertiary/aromatic N) is 2. The Hall–Kier alpha value is -2.76. The molecule has 0 radical (unpaired) electrons. The summed E-state index contributed by atoms with van der Waals surface area (Å²) >= 11 is 0. The monoisotopic (exact) mass is 256 g/mol. The highest BCUT2D eigenvalue weighted by atomic mass is 16.3. The first-order valence-electron chi connectivity index (χ1n) is 5.77. The number of nitrogens with one attached hydrogen (secondary N) is 1. The summed E-state index contributed by atoms with van der Waals surface area (Å²) in [6.45, 7) is 0.474. The molecule has 0 aliphatic carbocycles. The lowest BCUT2D eigenvalue weighted by Gasteiger charge is -2.03. The fourth-order valence-corrected chi connectivity index (χ4v) is 2.05. The van der Waals surface area contributed by atoms with Crippen molar-refractivity contribution in [3.63, 3.8) is 0 Å². The van der Waals surface area contributed by atoms with Gasteiger partial charge in [-0.2, -0.15) is 5.10 Å². The standard InChI is InChI=1S/C13H12N4O2/c14-12-11-9(6-10(18)15-13(11)19)16-17(12)7-8-4-2-1-3-5-8/h1-6,18H,7,14H2,(H,15,19). The Kier molecular flexibility index (Phi) is 2.49. The molecule has 0 saturated heterocycles. The lowest BCUT2D eigenvalue weighted by molar-refractivity contribution is 0.453. The molecular weight excluding hydrogens is 244 g/mol.